The smallest absolute Gasteiger partial charge is 0.316 e. The summed E-state index contributed by atoms with van der Waals surface area (Å²) in [5, 5.41) is 0.0972. The second-order valence-electron chi connectivity index (χ2n) is 11.2. The Kier molecular flexibility index (Phi) is 6.46. The van der Waals surface area contributed by atoms with Gasteiger partial charge < -0.3 is 18.6 Å². The van der Waals surface area contributed by atoms with Gasteiger partial charge in [0.25, 0.3) is 0 Å². The van der Waals surface area contributed by atoms with Crippen molar-refractivity contribution in [2.45, 2.75) is 83.8 Å². The second-order valence-corrected chi connectivity index (χ2v) is 16.0. The van der Waals surface area contributed by atoms with E-state index in [0.29, 0.717) is 13.0 Å². The molecule has 31 heavy (non-hydrogen) atoms. The van der Waals surface area contributed by atoms with Crippen LogP contribution >= 0.6 is 0 Å². The minimum Gasteiger partial charge on any atom is -0.468 e. The van der Waals surface area contributed by atoms with Crippen LogP contribution in [0.25, 0.3) is 0 Å². The third-order valence-electron chi connectivity index (χ3n) is 8.74. The van der Waals surface area contributed by atoms with Crippen molar-refractivity contribution >= 4 is 20.3 Å². The minimum absolute atomic E-state index is 0.0145. The number of likely N-dealkylation sites (N-methyl/N-ethyl adjacent to an activating group) is 1. The summed E-state index contributed by atoms with van der Waals surface area (Å²) in [5.74, 6) is -0.583. The van der Waals surface area contributed by atoms with Gasteiger partial charge in [-0.1, -0.05) is 27.7 Å². The molecule has 0 aromatic carbocycles. The molecule has 3 aliphatic rings. The third kappa shape index (κ3) is 3.58. The van der Waals surface area contributed by atoms with Gasteiger partial charge in [-0.3, -0.25) is 14.5 Å². The van der Waals surface area contributed by atoms with Gasteiger partial charge in [-0.25, -0.2) is 0 Å². The van der Waals surface area contributed by atoms with Crippen LogP contribution in [0, 0.1) is 16.7 Å². The Morgan fingerprint density at radius 2 is 1.84 bits per heavy atom. The van der Waals surface area contributed by atoms with Crippen molar-refractivity contribution in [3.63, 3.8) is 0 Å². The zero-order chi connectivity index (χ0) is 23.4. The standard InChI is InChI=1S/C23H41NO6Si/c1-10-24-13-22(14-29-31(8,9)21(3,4)5)12-18(27-6)23(20(26)28-7)17(22)11-16(19(23)24)30-15(2)25/h16-19H,10-14H2,1-9H3/t16-,17-,18+,19?,22+,23?/m1/s1. The molecule has 0 amide bonds. The molecular weight excluding hydrogens is 414 g/mol. The van der Waals surface area contributed by atoms with Gasteiger partial charge in [0, 0.05) is 32.6 Å². The van der Waals surface area contributed by atoms with Crippen LogP contribution in [0.4, 0.5) is 0 Å². The molecule has 178 valence electrons. The fourth-order valence-electron chi connectivity index (χ4n) is 6.37. The Bertz CT molecular complexity index is 721. The van der Waals surface area contributed by atoms with Gasteiger partial charge in [0.15, 0.2) is 8.32 Å². The molecule has 0 N–H and O–H groups in total. The lowest BCUT2D eigenvalue weighted by atomic mass is 9.65. The summed E-state index contributed by atoms with van der Waals surface area (Å²) in [7, 11) is 1.13. The minimum atomic E-state index is -1.99. The lowest BCUT2D eigenvalue weighted by Gasteiger charge is -2.51. The summed E-state index contributed by atoms with van der Waals surface area (Å²) in [6.07, 6.45) is 0.734. The Balaban J connectivity index is 2.08. The highest BCUT2D eigenvalue weighted by Gasteiger charge is 2.79. The molecule has 3 rings (SSSR count). The number of esters is 2. The monoisotopic (exact) mass is 455 g/mol. The van der Waals surface area contributed by atoms with Gasteiger partial charge >= 0.3 is 11.9 Å². The van der Waals surface area contributed by atoms with Crippen LogP contribution in [0.3, 0.4) is 0 Å². The number of carbonyl (C=O) groups is 2. The normalized spacial score (nSPS) is 37.7. The summed E-state index contributed by atoms with van der Waals surface area (Å²) in [6.45, 7) is 16.9. The van der Waals surface area contributed by atoms with Gasteiger partial charge in [0.1, 0.15) is 11.5 Å². The average molecular weight is 456 g/mol. The van der Waals surface area contributed by atoms with Crippen LogP contribution in [0.1, 0.15) is 47.5 Å². The van der Waals surface area contributed by atoms with E-state index in [1.807, 2.05) is 0 Å². The first kappa shape index (κ1) is 24.7. The highest BCUT2D eigenvalue weighted by Crippen LogP contribution is 2.68. The third-order valence-corrected chi connectivity index (χ3v) is 13.2. The molecule has 0 aromatic rings. The van der Waals surface area contributed by atoms with Gasteiger partial charge in [0.05, 0.1) is 19.3 Å². The maximum Gasteiger partial charge on any atom is 0.316 e. The molecular formula is C23H41NO6Si. The number of likely N-dealkylation sites (tertiary alicyclic amines) is 1. The molecule has 2 saturated carbocycles. The molecule has 7 nitrogen and oxygen atoms in total. The van der Waals surface area contributed by atoms with Gasteiger partial charge in [-0.15, -0.1) is 0 Å². The van der Waals surface area contributed by atoms with Crippen molar-refractivity contribution in [2.24, 2.45) is 16.7 Å². The molecule has 8 heteroatoms. The first-order chi connectivity index (χ1) is 14.3. The number of rotatable bonds is 7. The fraction of sp³-hybridized carbons (Fsp3) is 0.913. The average Bonchev–Trinajstić information content (AvgIpc) is 3.04. The summed E-state index contributed by atoms with van der Waals surface area (Å²) in [4.78, 5) is 27.7. The first-order valence-electron chi connectivity index (χ1n) is 11.5. The van der Waals surface area contributed by atoms with E-state index in [2.05, 4.69) is 45.7 Å². The predicted octanol–water partition coefficient (Wildman–Crippen LogP) is 3.23. The van der Waals surface area contributed by atoms with Crippen LogP contribution in [-0.2, 0) is 28.2 Å². The van der Waals surface area contributed by atoms with Crippen LogP contribution < -0.4 is 0 Å². The number of methoxy groups -OCH3 is 2. The fourth-order valence-corrected chi connectivity index (χ4v) is 7.45. The van der Waals surface area contributed by atoms with Gasteiger partial charge in [-0.2, -0.15) is 0 Å². The van der Waals surface area contributed by atoms with Crippen molar-refractivity contribution in [1.29, 1.82) is 0 Å². The van der Waals surface area contributed by atoms with Crippen LogP contribution in [-0.4, -0.2) is 77.3 Å². The van der Waals surface area contributed by atoms with E-state index in [1.54, 1.807) is 7.11 Å². The first-order valence-corrected chi connectivity index (χ1v) is 14.4. The Hall–Kier alpha value is -0.963. The van der Waals surface area contributed by atoms with Gasteiger partial charge in [-0.05, 0) is 43.4 Å². The summed E-state index contributed by atoms with van der Waals surface area (Å²) in [6, 6.07) is -0.243. The van der Waals surface area contributed by atoms with Crippen LogP contribution in [0.15, 0.2) is 0 Å². The number of piperidine rings is 1. The highest BCUT2D eigenvalue weighted by atomic mass is 28.4. The van der Waals surface area contributed by atoms with E-state index in [9.17, 15) is 9.59 Å². The second kappa shape index (κ2) is 8.11. The lowest BCUT2D eigenvalue weighted by molar-refractivity contribution is -0.179. The van der Waals surface area contributed by atoms with Crippen LogP contribution in [0.5, 0.6) is 0 Å². The number of hydrogen-bond acceptors (Lipinski definition) is 7. The Labute approximate surface area is 188 Å². The number of carbonyl (C=O) groups excluding carboxylic acids is 2. The van der Waals surface area contributed by atoms with E-state index in [1.165, 1.54) is 14.0 Å². The molecule has 0 radical (unpaired) electrons. The quantitative estimate of drug-likeness (QED) is 0.431. The van der Waals surface area contributed by atoms with Gasteiger partial charge in [0.2, 0.25) is 0 Å². The molecule has 0 aromatic heterocycles. The van der Waals surface area contributed by atoms with E-state index >= 15 is 0 Å². The topological polar surface area (TPSA) is 74.3 Å². The molecule has 1 heterocycles. The maximum atomic E-state index is 13.5. The molecule has 0 spiro atoms. The lowest BCUT2D eigenvalue weighted by Crippen LogP contribution is -2.64. The largest absolute Gasteiger partial charge is 0.468 e. The Morgan fingerprint density at radius 3 is 2.32 bits per heavy atom. The molecule has 4 bridgehead atoms. The van der Waals surface area contributed by atoms with Crippen molar-refractivity contribution in [2.75, 3.05) is 33.9 Å². The van der Waals surface area contributed by atoms with Crippen molar-refractivity contribution in [3.8, 4) is 0 Å². The number of ether oxygens (including phenoxy) is 3. The van der Waals surface area contributed by atoms with Crippen molar-refractivity contribution in [1.82, 2.24) is 4.90 Å². The molecule has 2 aliphatic carbocycles. The molecule has 6 atom stereocenters. The molecule has 2 unspecified atom stereocenters. The number of nitrogens with zero attached hydrogens (tertiary/aromatic N) is 1. The van der Waals surface area contributed by atoms with Crippen LogP contribution in [0.2, 0.25) is 18.1 Å². The summed E-state index contributed by atoms with van der Waals surface area (Å²) >= 11 is 0. The number of hydrogen-bond donors (Lipinski definition) is 0. The van der Waals surface area contributed by atoms with E-state index < -0.39 is 13.7 Å². The summed E-state index contributed by atoms with van der Waals surface area (Å²) in [5.41, 5.74) is -1.10. The highest BCUT2D eigenvalue weighted by molar-refractivity contribution is 6.74. The maximum absolute atomic E-state index is 13.5. The van der Waals surface area contributed by atoms with E-state index in [0.717, 1.165) is 19.5 Å². The molecule has 1 aliphatic heterocycles. The zero-order valence-electron chi connectivity index (χ0n) is 20.7. The predicted molar refractivity (Wildman–Crippen MR) is 120 cm³/mol. The SMILES string of the molecule is CCN1C[C@]2(CO[Si](C)(C)C(C)(C)C)C[C@H](OC)C3(C(=O)OC)C1[C@H](OC(C)=O)C[C@@H]32. The zero-order valence-corrected chi connectivity index (χ0v) is 21.7. The molecule has 1 saturated heterocycles. The molecule has 3 fully saturated rings. The Morgan fingerprint density at radius 1 is 1.19 bits per heavy atom. The van der Waals surface area contributed by atoms with E-state index in [-0.39, 0.29) is 46.6 Å². The summed E-state index contributed by atoms with van der Waals surface area (Å²) < 4.78 is 23.9. The van der Waals surface area contributed by atoms with E-state index in [4.69, 9.17) is 18.6 Å². The van der Waals surface area contributed by atoms with Crippen molar-refractivity contribution in [3.05, 3.63) is 0 Å². The van der Waals surface area contributed by atoms with Crippen molar-refractivity contribution < 1.29 is 28.2 Å².